The Morgan fingerprint density at radius 2 is 0.778 bits per heavy atom. The van der Waals surface area contributed by atoms with Crippen LogP contribution in [0.3, 0.4) is 0 Å². The summed E-state index contributed by atoms with van der Waals surface area (Å²) in [5.74, 6) is 0. The summed E-state index contributed by atoms with van der Waals surface area (Å²) in [6.07, 6.45) is 0. The highest BCUT2D eigenvalue weighted by Gasteiger charge is 2.39. The molecule has 0 amide bonds. The van der Waals surface area contributed by atoms with E-state index in [1.807, 2.05) is 0 Å². The third kappa shape index (κ3) is 6.85. The summed E-state index contributed by atoms with van der Waals surface area (Å²) in [6.45, 7) is 23.4. The van der Waals surface area contributed by atoms with Crippen LogP contribution in [-0.4, -0.2) is 0 Å². The molecule has 0 bridgehead atoms. The van der Waals surface area contributed by atoms with Gasteiger partial charge in [0.05, 0.1) is 0 Å². The minimum atomic E-state index is -0.182. The van der Waals surface area contributed by atoms with Gasteiger partial charge in [0.2, 0.25) is 0 Å². The van der Waals surface area contributed by atoms with Crippen molar-refractivity contribution < 1.29 is 0 Å². The Hall–Kier alpha value is -6.44. The third-order valence-corrected chi connectivity index (χ3v) is 14.2. The molecule has 1 heteroatoms. The molecular formula is C62H59N. The van der Waals surface area contributed by atoms with Crippen LogP contribution in [0.25, 0.3) is 55.6 Å². The first-order valence-corrected chi connectivity index (χ1v) is 22.8. The van der Waals surface area contributed by atoms with E-state index in [9.17, 15) is 0 Å². The quantitative estimate of drug-likeness (QED) is 0.162. The second-order valence-corrected chi connectivity index (χ2v) is 21.1. The summed E-state index contributed by atoms with van der Waals surface area (Å²) in [5.41, 5.74) is 24.5. The molecule has 0 N–H and O–H groups in total. The van der Waals surface area contributed by atoms with Crippen molar-refractivity contribution in [2.24, 2.45) is 0 Å². The number of benzene rings is 8. The number of rotatable bonds is 6. The van der Waals surface area contributed by atoms with Gasteiger partial charge in [-0.25, -0.2) is 0 Å². The minimum Gasteiger partial charge on any atom is -0.310 e. The van der Waals surface area contributed by atoms with Gasteiger partial charge in [0, 0.05) is 27.9 Å². The second-order valence-electron chi connectivity index (χ2n) is 21.1. The molecule has 0 radical (unpaired) electrons. The van der Waals surface area contributed by atoms with Crippen LogP contribution in [0.2, 0.25) is 0 Å². The predicted octanol–water partition coefficient (Wildman–Crippen LogP) is 17.4. The molecular weight excluding hydrogens is 759 g/mol. The topological polar surface area (TPSA) is 3.24 Å². The first-order valence-electron chi connectivity index (χ1n) is 22.8. The first kappa shape index (κ1) is 40.6. The van der Waals surface area contributed by atoms with E-state index in [4.69, 9.17) is 0 Å². The zero-order chi connectivity index (χ0) is 44.1. The van der Waals surface area contributed by atoms with Crippen LogP contribution >= 0.6 is 0 Å². The number of fused-ring (bicyclic) bond motifs is 6. The van der Waals surface area contributed by atoms with Gasteiger partial charge in [-0.1, -0.05) is 203 Å². The molecule has 0 unspecified atom stereocenters. The molecule has 0 aromatic heterocycles. The molecule has 8 aromatic rings. The van der Waals surface area contributed by atoms with E-state index in [-0.39, 0.29) is 21.7 Å². The molecule has 2 aliphatic rings. The Morgan fingerprint density at radius 1 is 0.317 bits per heavy atom. The summed E-state index contributed by atoms with van der Waals surface area (Å²) >= 11 is 0. The van der Waals surface area contributed by atoms with Crippen molar-refractivity contribution in [3.63, 3.8) is 0 Å². The van der Waals surface area contributed by atoms with Gasteiger partial charge in [0.1, 0.15) is 0 Å². The van der Waals surface area contributed by atoms with Gasteiger partial charge in [-0.05, 0) is 142 Å². The molecule has 0 saturated heterocycles. The maximum atomic E-state index is 2.48. The van der Waals surface area contributed by atoms with Gasteiger partial charge in [0.25, 0.3) is 0 Å². The zero-order valence-corrected chi connectivity index (χ0v) is 38.7. The van der Waals surface area contributed by atoms with Crippen molar-refractivity contribution in [3.05, 3.63) is 209 Å². The second kappa shape index (κ2) is 14.6. The molecule has 312 valence electrons. The number of nitrogens with zero attached hydrogens (tertiary/aromatic N) is 1. The van der Waals surface area contributed by atoms with Gasteiger partial charge in [-0.15, -0.1) is 0 Å². The summed E-state index contributed by atoms with van der Waals surface area (Å²) in [4.78, 5) is 2.42. The zero-order valence-electron chi connectivity index (χ0n) is 38.7. The predicted molar refractivity (Wildman–Crippen MR) is 270 cm³/mol. The SMILES string of the molecule is CC(C)(C)c1ccc(-c2cc(C(C)(C)C)cc3c2C(C)(C)c2cc(-c4ccc(N(c5ccc(-c6ccccc6)cc5)c5ccc6c(c5)C(C)(C)c5ccccc5-6)cc4)ccc2-3)cc1. The van der Waals surface area contributed by atoms with E-state index in [1.54, 1.807) is 0 Å². The lowest BCUT2D eigenvalue weighted by Crippen LogP contribution is -2.18. The molecule has 0 aliphatic heterocycles. The Labute approximate surface area is 376 Å². The van der Waals surface area contributed by atoms with Crippen LogP contribution in [0.5, 0.6) is 0 Å². The van der Waals surface area contributed by atoms with Crippen LogP contribution < -0.4 is 4.90 Å². The van der Waals surface area contributed by atoms with E-state index in [0.717, 1.165) is 17.1 Å². The summed E-state index contributed by atoms with van der Waals surface area (Å²) < 4.78 is 0. The molecule has 1 nitrogen and oxygen atoms in total. The van der Waals surface area contributed by atoms with Crippen LogP contribution in [0.15, 0.2) is 176 Å². The van der Waals surface area contributed by atoms with Crippen molar-refractivity contribution in [3.8, 4) is 55.6 Å². The van der Waals surface area contributed by atoms with Crippen molar-refractivity contribution >= 4 is 17.1 Å². The van der Waals surface area contributed by atoms with E-state index in [2.05, 4.69) is 250 Å². The normalized spacial score (nSPS) is 14.4. The Bertz CT molecular complexity index is 3020. The Morgan fingerprint density at radius 3 is 1.41 bits per heavy atom. The summed E-state index contributed by atoms with van der Waals surface area (Å²) in [7, 11) is 0. The number of hydrogen-bond donors (Lipinski definition) is 0. The summed E-state index contributed by atoms with van der Waals surface area (Å²) in [5, 5.41) is 0. The fourth-order valence-corrected chi connectivity index (χ4v) is 10.5. The van der Waals surface area contributed by atoms with Crippen molar-refractivity contribution in [1.82, 2.24) is 0 Å². The molecule has 0 spiro atoms. The Kier molecular flexibility index (Phi) is 9.39. The Balaban J connectivity index is 1.04. The average molecular weight is 818 g/mol. The summed E-state index contributed by atoms with van der Waals surface area (Å²) in [6, 6.07) is 66.3. The highest BCUT2D eigenvalue weighted by Crippen LogP contribution is 2.55. The van der Waals surface area contributed by atoms with E-state index < -0.39 is 0 Å². The van der Waals surface area contributed by atoms with Gasteiger partial charge in [0.15, 0.2) is 0 Å². The molecule has 0 fully saturated rings. The molecule has 63 heavy (non-hydrogen) atoms. The van der Waals surface area contributed by atoms with Crippen molar-refractivity contribution in [2.45, 2.75) is 90.9 Å². The first-order chi connectivity index (χ1) is 30.0. The molecule has 0 atom stereocenters. The van der Waals surface area contributed by atoms with Gasteiger partial charge in [-0.2, -0.15) is 0 Å². The number of anilines is 3. The van der Waals surface area contributed by atoms with E-state index >= 15 is 0 Å². The molecule has 10 rings (SSSR count). The van der Waals surface area contributed by atoms with Crippen molar-refractivity contribution in [1.29, 1.82) is 0 Å². The molecule has 8 aromatic carbocycles. The fourth-order valence-electron chi connectivity index (χ4n) is 10.5. The lowest BCUT2D eigenvalue weighted by atomic mass is 9.75. The van der Waals surface area contributed by atoms with Gasteiger partial charge in [-0.3, -0.25) is 0 Å². The van der Waals surface area contributed by atoms with Crippen LogP contribution in [-0.2, 0) is 21.7 Å². The van der Waals surface area contributed by atoms with Gasteiger partial charge < -0.3 is 4.90 Å². The smallest absolute Gasteiger partial charge is 0.0465 e. The monoisotopic (exact) mass is 817 g/mol. The third-order valence-electron chi connectivity index (χ3n) is 14.2. The van der Waals surface area contributed by atoms with Crippen LogP contribution in [0.4, 0.5) is 17.1 Å². The fraction of sp³-hybridized carbons (Fsp3) is 0.226. The van der Waals surface area contributed by atoms with E-state index in [1.165, 1.54) is 89.0 Å². The highest BCUT2D eigenvalue weighted by molar-refractivity contribution is 5.91. The van der Waals surface area contributed by atoms with Crippen molar-refractivity contribution in [2.75, 3.05) is 4.90 Å². The van der Waals surface area contributed by atoms with Crippen LogP contribution in [0, 0.1) is 0 Å². The molecule has 0 heterocycles. The van der Waals surface area contributed by atoms with Gasteiger partial charge >= 0.3 is 0 Å². The number of hydrogen-bond acceptors (Lipinski definition) is 1. The lowest BCUT2D eigenvalue weighted by molar-refractivity contribution is 0.589. The minimum absolute atomic E-state index is 0.0164. The lowest BCUT2D eigenvalue weighted by Gasteiger charge is -2.28. The van der Waals surface area contributed by atoms with E-state index in [0.29, 0.717) is 0 Å². The average Bonchev–Trinajstić information content (AvgIpc) is 3.65. The maximum absolute atomic E-state index is 2.48. The van der Waals surface area contributed by atoms with Crippen LogP contribution in [0.1, 0.15) is 103 Å². The standard InChI is InChI=1S/C62H59N/c1-59(2,3)45-27-20-43(21-28-45)53-37-46(60(4,5)6)38-54-52-34-26-44(36-56(52)62(9,10)58(53)54)42-24-31-48(32-25-42)63(47-29-22-41(23-30-47)40-16-12-11-13-17-40)49-33-35-51-50-18-14-15-19-55(50)61(7,8)57(51)39-49/h11-39H,1-10H3. The largest absolute Gasteiger partial charge is 0.310 e. The highest BCUT2D eigenvalue weighted by atomic mass is 15.1. The molecule has 2 aliphatic carbocycles. The molecule has 0 saturated carbocycles. The maximum Gasteiger partial charge on any atom is 0.0465 e.